The molecule has 106 valence electrons. The Kier molecular flexibility index (Phi) is 4.14. The molecule has 0 radical (unpaired) electrons. The van der Waals surface area contributed by atoms with Gasteiger partial charge in [-0.2, -0.15) is 0 Å². The molecule has 1 aromatic rings. The largest absolute Gasteiger partial charge is 0.478 e. The van der Waals surface area contributed by atoms with E-state index in [1.165, 1.54) is 13.1 Å². The molecule has 6 heteroatoms. The molecule has 0 saturated carbocycles. The number of carbonyl (C=O) groups excluding carboxylic acids is 2. The van der Waals surface area contributed by atoms with Gasteiger partial charge in [0.15, 0.2) is 0 Å². The zero-order valence-electron chi connectivity index (χ0n) is 11.1. The second-order valence-corrected chi connectivity index (χ2v) is 4.77. The third-order valence-corrected chi connectivity index (χ3v) is 3.38. The number of nitrogens with one attached hydrogen (secondary N) is 1. The van der Waals surface area contributed by atoms with Crippen LogP contribution in [0.25, 0.3) is 0 Å². The minimum absolute atomic E-state index is 0.166. The summed E-state index contributed by atoms with van der Waals surface area (Å²) >= 11 is 0. The van der Waals surface area contributed by atoms with Crippen LogP contribution in [0, 0.1) is 0 Å². The lowest BCUT2D eigenvalue weighted by Gasteiger charge is -2.28. The van der Waals surface area contributed by atoms with Crippen molar-refractivity contribution in [1.82, 2.24) is 10.2 Å². The lowest BCUT2D eigenvalue weighted by Crippen LogP contribution is -2.51. The number of likely N-dealkylation sites (N-methyl/N-ethyl adjacent to an activating group) is 1. The summed E-state index contributed by atoms with van der Waals surface area (Å²) in [4.78, 5) is 35.2. The van der Waals surface area contributed by atoms with Gasteiger partial charge >= 0.3 is 5.97 Å². The van der Waals surface area contributed by atoms with Crippen molar-refractivity contribution in [3.8, 4) is 0 Å². The number of hydrogen-bond acceptors (Lipinski definition) is 4. The van der Waals surface area contributed by atoms with Gasteiger partial charge in [-0.25, -0.2) is 4.79 Å². The van der Waals surface area contributed by atoms with E-state index in [4.69, 9.17) is 5.11 Å². The van der Waals surface area contributed by atoms with E-state index in [1.54, 1.807) is 18.2 Å². The first-order valence-electron chi connectivity index (χ1n) is 6.35. The number of likely N-dealkylation sites (tertiary alicyclic amines) is 1. The van der Waals surface area contributed by atoms with Crippen LogP contribution in [0.2, 0.25) is 0 Å². The lowest BCUT2D eigenvalue weighted by atomic mass is 10.0. The van der Waals surface area contributed by atoms with Crippen molar-refractivity contribution in [1.29, 1.82) is 0 Å². The van der Waals surface area contributed by atoms with Crippen LogP contribution < -0.4 is 5.32 Å². The van der Waals surface area contributed by atoms with E-state index in [0.29, 0.717) is 19.4 Å². The van der Waals surface area contributed by atoms with E-state index < -0.39 is 12.0 Å². The number of carboxylic acid groups (broad SMARTS) is 1. The number of carbonyl (C=O) groups is 3. The van der Waals surface area contributed by atoms with E-state index in [0.717, 1.165) is 10.5 Å². The molecule has 2 rings (SSSR count). The van der Waals surface area contributed by atoms with Crippen molar-refractivity contribution in [3.05, 3.63) is 35.4 Å². The highest BCUT2D eigenvalue weighted by atomic mass is 16.4. The average molecular weight is 276 g/mol. The molecule has 0 bridgehead atoms. The Morgan fingerprint density at radius 3 is 2.90 bits per heavy atom. The number of amides is 2. The van der Waals surface area contributed by atoms with E-state index in [1.807, 2.05) is 0 Å². The Hall–Kier alpha value is -2.21. The molecular formula is C14H16N2O4. The number of aromatic carboxylic acids is 1. The number of nitrogens with zero attached hydrogens (tertiary/aromatic N) is 1. The number of benzene rings is 1. The third kappa shape index (κ3) is 3.03. The predicted octanol–water partition coefficient (Wildman–Crippen LogP) is 0.622. The smallest absolute Gasteiger partial charge is 0.335 e. The third-order valence-electron chi connectivity index (χ3n) is 3.38. The lowest BCUT2D eigenvalue weighted by molar-refractivity contribution is -0.148. The Balaban J connectivity index is 1.98. The summed E-state index contributed by atoms with van der Waals surface area (Å²) in [6.45, 7) is 0.388. The maximum absolute atomic E-state index is 11.9. The first-order chi connectivity index (χ1) is 9.49. The van der Waals surface area contributed by atoms with Crippen LogP contribution in [-0.2, 0) is 16.1 Å². The Morgan fingerprint density at radius 1 is 1.45 bits per heavy atom. The van der Waals surface area contributed by atoms with Gasteiger partial charge < -0.3 is 10.4 Å². The molecule has 0 spiro atoms. The van der Waals surface area contributed by atoms with Crippen LogP contribution in [-0.4, -0.2) is 40.9 Å². The van der Waals surface area contributed by atoms with Gasteiger partial charge in [0.25, 0.3) is 0 Å². The first kappa shape index (κ1) is 14.2. The maximum atomic E-state index is 11.9. The van der Waals surface area contributed by atoms with Gasteiger partial charge in [0.1, 0.15) is 0 Å². The highest BCUT2D eigenvalue weighted by Gasteiger charge is 2.31. The second-order valence-electron chi connectivity index (χ2n) is 4.77. The maximum Gasteiger partial charge on any atom is 0.335 e. The molecule has 2 amide bonds. The summed E-state index contributed by atoms with van der Waals surface area (Å²) in [5, 5.41) is 12.0. The fourth-order valence-corrected chi connectivity index (χ4v) is 2.16. The van der Waals surface area contributed by atoms with E-state index >= 15 is 0 Å². The van der Waals surface area contributed by atoms with Gasteiger partial charge in [-0.1, -0.05) is 12.1 Å². The Bertz CT molecular complexity index is 556. The van der Waals surface area contributed by atoms with Crippen molar-refractivity contribution in [2.75, 3.05) is 7.05 Å². The van der Waals surface area contributed by atoms with Crippen LogP contribution in [0.15, 0.2) is 24.3 Å². The van der Waals surface area contributed by atoms with E-state index in [-0.39, 0.29) is 17.4 Å². The molecule has 1 atom stereocenters. The summed E-state index contributed by atoms with van der Waals surface area (Å²) in [6.07, 6.45) is 0.815. The molecule has 1 aromatic carbocycles. The van der Waals surface area contributed by atoms with Gasteiger partial charge in [-0.15, -0.1) is 0 Å². The van der Waals surface area contributed by atoms with E-state index in [2.05, 4.69) is 5.32 Å². The minimum Gasteiger partial charge on any atom is -0.478 e. The molecule has 0 aliphatic carbocycles. The molecule has 1 saturated heterocycles. The highest BCUT2D eigenvalue weighted by molar-refractivity contribution is 6.00. The fraction of sp³-hybridized carbons (Fsp3) is 0.357. The summed E-state index contributed by atoms with van der Waals surface area (Å²) in [5.41, 5.74) is 1.00. The zero-order valence-corrected chi connectivity index (χ0v) is 11.1. The number of carboxylic acids is 1. The fourth-order valence-electron chi connectivity index (χ4n) is 2.16. The summed E-state index contributed by atoms with van der Waals surface area (Å²) in [6, 6.07) is 6.15. The molecule has 6 nitrogen and oxygen atoms in total. The van der Waals surface area contributed by atoms with Crippen molar-refractivity contribution in [3.63, 3.8) is 0 Å². The van der Waals surface area contributed by atoms with Crippen LogP contribution in [0.4, 0.5) is 0 Å². The van der Waals surface area contributed by atoms with Gasteiger partial charge in [0, 0.05) is 20.0 Å². The van der Waals surface area contributed by atoms with Crippen molar-refractivity contribution in [2.45, 2.75) is 25.4 Å². The summed E-state index contributed by atoms with van der Waals surface area (Å²) in [5.74, 6) is -1.39. The first-order valence-corrected chi connectivity index (χ1v) is 6.35. The molecule has 1 fully saturated rings. The molecule has 20 heavy (non-hydrogen) atoms. The summed E-state index contributed by atoms with van der Waals surface area (Å²) < 4.78 is 0. The second kappa shape index (κ2) is 5.83. The zero-order chi connectivity index (χ0) is 14.7. The number of piperidine rings is 1. The highest BCUT2D eigenvalue weighted by Crippen LogP contribution is 2.12. The Labute approximate surface area is 116 Å². The normalized spacial score (nSPS) is 19.2. The standard InChI is InChI=1S/C14H16N2O4/c1-16-12(17)6-5-11(13(16)18)15-8-9-3-2-4-10(7-9)14(19)20/h2-4,7,11,15H,5-6,8H2,1H3,(H,19,20). The molecule has 2 N–H and O–H groups in total. The number of imide groups is 1. The van der Waals surface area contributed by atoms with Gasteiger partial charge in [-0.3, -0.25) is 14.5 Å². The van der Waals surface area contributed by atoms with Crippen molar-refractivity contribution >= 4 is 17.8 Å². The average Bonchev–Trinajstić information content (AvgIpc) is 2.44. The number of rotatable bonds is 4. The van der Waals surface area contributed by atoms with Crippen molar-refractivity contribution in [2.24, 2.45) is 0 Å². The quantitative estimate of drug-likeness (QED) is 0.787. The predicted molar refractivity (Wildman–Crippen MR) is 71.0 cm³/mol. The monoisotopic (exact) mass is 276 g/mol. The van der Waals surface area contributed by atoms with E-state index in [9.17, 15) is 14.4 Å². The molecule has 1 unspecified atom stereocenters. The van der Waals surface area contributed by atoms with Crippen LogP contribution in [0.1, 0.15) is 28.8 Å². The van der Waals surface area contributed by atoms with Gasteiger partial charge in [-0.05, 0) is 24.1 Å². The SMILES string of the molecule is CN1C(=O)CCC(NCc2cccc(C(=O)O)c2)C1=O. The topological polar surface area (TPSA) is 86.7 Å². The number of hydrogen-bond donors (Lipinski definition) is 2. The molecule has 0 aromatic heterocycles. The minimum atomic E-state index is -0.981. The van der Waals surface area contributed by atoms with Crippen LogP contribution >= 0.6 is 0 Å². The molecule has 1 aliphatic heterocycles. The van der Waals surface area contributed by atoms with Crippen LogP contribution in [0.5, 0.6) is 0 Å². The van der Waals surface area contributed by atoms with Crippen molar-refractivity contribution < 1.29 is 19.5 Å². The van der Waals surface area contributed by atoms with Gasteiger partial charge in [0.2, 0.25) is 11.8 Å². The summed E-state index contributed by atoms with van der Waals surface area (Å²) in [7, 11) is 1.48. The molecule has 1 aliphatic rings. The Morgan fingerprint density at radius 2 is 2.20 bits per heavy atom. The molecular weight excluding hydrogens is 260 g/mol. The van der Waals surface area contributed by atoms with Gasteiger partial charge in [0.05, 0.1) is 11.6 Å². The van der Waals surface area contributed by atoms with Crippen LogP contribution in [0.3, 0.4) is 0 Å². The molecule has 1 heterocycles.